The average Bonchev–Trinajstić information content (AvgIpc) is 2.94. The van der Waals surface area contributed by atoms with Crippen LogP contribution in [0.5, 0.6) is 5.75 Å². The van der Waals surface area contributed by atoms with Gasteiger partial charge in [0.1, 0.15) is 12.4 Å². The molecule has 1 atom stereocenters. The van der Waals surface area contributed by atoms with Gasteiger partial charge in [0, 0.05) is 26.2 Å². The van der Waals surface area contributed by atoms with E-state index in [2.05, 4.69) is 21.7 Å². The van der Waals surface area contributed by atoms with E-state index in [1.165, 1.54) is 4.90 Å². The molecular weight excluding hydrogens is 345 g/mol. The van der Waals surface area contributed by atoms with E-state index in [1.807, 2.05) is 26.0 Å². The van der Waals surface area contributed by atoms with Crippen LogP contribution < -0.4 is 15.4 Å². The van der Waals surface area contributed by atoms with Crippen molar-refractivity contribution in [2.75, 3.05) is 39.8 Å². The number of likely N-dealkylation sites (tertiary alicyclic amines) is 1. The van der Waals surface area contributed by atoms with Crippen molar-refractivity contribution in [3.63, 3.8) is 0 Å². The second kappa shape index (κ2) is 9.12. The van der Waals surface area contributed by atoms with Crippen LogP contribution in [0, 0.1) is 13.8 Å². The molecule has 1 aromatic carbocycles. The molecule has 146 valence electrons. The van der Waals surface area contributed by atoms with Crippen molar-refractivity contribution < 1.29 is 17.9 Å². The van der Waals surface area contributed by atoms with Crippen LogP contribution in [0.1, 0.15) is 17.5 Å². The molecule has 0 spiro atoms. The average molecular weight is 372 g/mol. The summed E-state index contributed by atoms with van der Waals surface area (Å²) in [7, 11) is 1.64. The van der Waals surface area contributed by atoms with E-state index in [0.717, 1.165) is 16.9 Å². The SMILES string of the molecule is CN=C(NCCOc1cc(C)cc(C)c1)NC1CCN(CC(F)(F)F)C1. The number of ether oxygens (including phenoxy) is 1. The Balaban J connectivity index is 1.70. The predicted molar refractivity (Wildman–Crippen MR) is 96.8 cm³/mol. The summed E-state index contributed by atoms with van der Waals surface area (Å²) in [5.41, 5.74) is 2.30. The van der Waals surface area contributed by atoms with E-state index in [0.29, 0.717) is 38.6 Å². The first-order valence-electron chi connectivity index (χ1n) is 8.72. The van der Waals surface area contributed by atoms with Crippen LogP contribution in [0.15, 0.2) is 23.2 Å². The predicted octanol–water partition coefficient (Wildman–Crippen LogP) is 2.48. The first-order chi connectivity index (χ1) is 12.2. The molecule has 1 unspecified atom stereocenters. The monoisotopic (exact) mass is 372 g/mol. The number of benzene rings is 1. The molecule has 1 aliphatic rings. The topological polar surface area (TPSA) is 48.9 Å². The first kappa shape index (κ1) is 20.4. The molecule has 2 N–H and O–H groups in total. The number of hydrogen-bond acceptors (Lipinski definition) is 3. The molecule has 2 rings (SSSR count). The lowest BCUT2D eigenvalue weighted by atomic mass is 10.1. The van der Waals surface area contributed by atoms with Crippen molar-refractivity contribution in [2.45, 2.75) is 32.5 Å². The largest absolute Gasteiger partial charge is 0.492 e. The van der Waals surface area contributed by atoms with Crippen LogP contribution in [0.4, 0.5) is 13.2 Å². The van der Waals surface area contributed by atoms with Crippen molar-refractivity contribution in [3.05, 3.63) is 29.3 Å². The van der Waals surface area contributed by atoms with Crippen molar-refractivity contribution in [1.29, 1.82) is 0 Å². The summed E-state index contributed by atoms with van der Waals surface area (Å²) < 4.78 is 43.1. The minimum atomic E-state index is -4.15. The third-order valence-electron chi connectivity index (χ3n) is 4.10. The highest BCUT2D eigenvalue weighted by molar-refractivity contribution is 5.80. The Morgan fingerprint density at radius 3 is 2.58 bits per heavy atom. The fraction of sp³-hybridized carbons (Fsp3) is 0.611. The summed E-state index contributed by atoms with van der Waals surface area (Å²) in [5, 5.41) is 6.30. The number of rotatable bonds is 6. The van der Waals surface area contributed by atoms with Gasteiger partial charge in [-0.3, -0.25) is 9.89 Å². The van der Waals surface area contributed by atoms with Gasteiger partial charge in [-0.1, -0.05) is 6.07 Å². The van der Waals surface area contributed by atoms with Gasteiger partial charge >= 0.3 is 6.18 Å². The highest BCUT2D eigenvalue weighted by Gasteiger charge is 2.34. The molecule has 0 saturated carbocycles. The van der Waals surface area contributed by atoms with Crippen molar-refractivity contribution >= 4 is 5.96 Å². The summed E-state index contributed by atoms with van der Waals surface area (Å²) in [4.78, 5) is 5.53. The van der Waals surface area contributed by atoms with Crippen molar-refractivity contribution in [2.24, 2.45) is 4.99 Å². The summed E-state index contributed by atoms with van der Waals surface area (Å²) >= 11 is 0. The van der Waals surface area contributed by atoms with Crippen LogP contribution in [0.25, 0.3) is 0 Å². The molecule has 1 fully saturated rings. The van der Waals surface area contributed by atoms with Crippen LogP contribution in [-0.2, 0) is 0 Å². The van der Waals surface area contributed by atoms with Crippen LogP contribution in [0.3, 0.4) is 0 Å². The number of nitrogens with zero attached hydrogens (tertiary/aromatic N) is 2. The molecule has 1 aliphatic heterocycles. The summed E-state index contributed by atoms with van der Waals surface area (Å²) in [6.07, 6.45) is -3.49. The third-order valence-corrected chi connectivity index (χ3v) is 4.10. The zero-order chi connectivity index (χ0) is 19.2. The lowest BCUT2D eigenvalue weighted by Gasteiger charge is -2.20. The number of halogens is 3. The summed E-state index contributed by atoms with van der Waals surface area (Å²) in [6.45, 7) is 4.99. The molecule has 1 saturated heterocycles. The molecule has 0 bridgehead atoms. The van der Waals surface area contributed by atoms with Crippen molar-refractivity contribution in [1.82, 2.24) is 15.5 Å². The lowest BCUT2D eigenvalue weighted by Crippen LogP contribution is -2.46. The number of nitrogens with one attached hydrogen (secondary N) is 2. The Morgan fingerprint density at radius 1 is 1.27 bits per heavy atom. The smallest absolute Gasteiger partial charge is 0.401 e. The fourth-order valence-electron chi connectivity index (χ4n) is 3.09. The highest BCUT2D eigenvalue weighted by atomic mass is 19.4. The van der Waals surface area contributed by atoms with Gasteiger partial charge in [-0.05, 0) is 43.5 Å². The Morgan fingerprint density at radius 2 is 1.96 bits per heavy atom. The van der Waals surface area contributed by atoms with Crippen molar-refractivity contribution in [3.8, 4) is 5.75 Å². The highest BCUT2D eigenvalue weighted by Crippen LogP contribution is 2.20. The lowest BCUT2D eigenvalue weighted by molar-refractivity contribution is -0.143. The molecule has 8 heteroatoms. The fourth-order valence-corrected chi connectivity index (χ4v) is 3.09. The minimum absolute atomic E-state index is 0.0381. The van der Waals surface area contributed by atoms with E-state index in [-0.39, 0.29) is 6.04 Å². The summed E-state index contributed by atoms with van der Waals surface area (Å²) in [6, 6.07) is 6.01. The second-order valence-electron chi connectivity index (χ2n) is 6.65. The van der Waals surface area contributed by atoms with Gasteiger partial charge in [0.05, 0.1) is 13.1 Å². The van der Waals surface area contributed by atoms with E-state index >= 15 is 0 Å². The van der Waals surface area contributed by atoms with E-state index in [4.69, 9.17) is 4.74 Å². The van der Waals surface area contributed by atoms with Gasteiger partial charge in [-0.2, -0.15) is 13.2 Å². The van der Waals surface area contributed by atoms with Gasteiger partial charge in [-0.25, -0.2) is 0 Å². The maximum absolute atomic E-state index is 12.4. The molecule has 0 aromatic heterocycles. The van der Waals surface area contributed by atoms with Gasteiger partial charge in [0.25, 0.3) is 0 Å². The van der Waals surface area contributed by atoms with E-state index < -0.39 is 12.7 Å². The Labute approximate surface area is 152 Å². The summed E-state index contributed by atoms with van der Waals surface area (Å²) in [5.74, 6) is 1.40. The van der Waals surface area contributed by atoms with Gasteiger partial charge in [-0.15, -0.1) is 0 Å². The maximum atomic E-state index is 12.4. The van der Waals surface area contributed by atoms with Gasteiger partial charge in [0.2, 0.25) is 0 Å². The van der Waals surface area contributed by atoms with E-state index in [9.17, 15) is 13.2 Å². The number of aryl methyl sites for hydroxylation is 2. The first-order valence-corrected chi connectivity index (χ1v) is 8.72. The maximum Gasteiger partial charge on any atom is 0.401 e. The molecule has 26 heavy (non-hydrogen) atoms. The minimum Gasteiger partial charge on any atom is -0.492 e. The Kier molecular flexibility index (Phi) is 7.14. The van der Waals surface area contributed by atoms with Gasteiger partial charge < -0.3 is 15.4 Å². The molecule has 1 heterocycles. The third kappa shape index (κ3) is 7.11. The second-order valence-corrected chi connectivity index (χ2v) is 6.65. The Hall–Kier alpha value is -1.96. The zero-order valence-corrected chi connectivity index (χ0v) is 15.5. The molecule has 1 aromatic rings. The number of guanidine groups is 1. The molecular formula is C18H27F3N4O. The number of alkyl halides is 3. The van der Waals surface area contributed by atoms with E-state index in [1.54, 1.807) is 7.05 Å². The quantitative estimate of drug-likeness (QED) is 0.458. The molecule has 5 nitrogen and oxygen atoms in total. The van der Waals surface area contributed by atoms with Gasteiger partial charge in [0.15, 0.2) is 5.96 Å². The number of aliphatic imine (C=N–C) groups is 1. The molecule has 0 radical (unpaired) electrons. The zero-order valence-electron chi connectivity index (χ0n) is 15.5. The van der Waals surface area contributed by atoms with Crippen LogP contribution >= 0.6 is 0 Å². The standard InChI is InChI=1S/C18H27F3N4O/c1-13-8-14(2)10-16(9-13)26-7-5-23-17(22-3)24-15-4-6-25(11-15)12-18(19,20)21/h8-10,15H,4-7,11-12H2,1-3H3,(H2,22,23,24). The normalized spacial score (nSPS) is 18.8. The van der Waals surface area contributed by atoms with Crippen LogP contribution in [-0.4, -0.2) is 62.9 Å². The molecule has 0 aliphatic carbocycles. The Bertz CT molecular complexity index is 599. The molecule has 0 amide bonds. The number of hydrogen-bond donors (Lipinski definition) is 2. The van der Waals surface area contributed by atoms with Crippen LogP contribution in [0.2, 0.25) is 0 Å².